The molecule has 1 amide bonds. The van der Waals surface area contributed by atoms with Gasteiger partial charge in [0.05, 0.1) is 6.04 Å². The fraction of sp³-hybridized carbons (Fsp3) is 0.550. The predicted molar refractivity (Wildman–Crippen MR) is 95.3 cm³/mol. The second kappa shape index (κ2) is 7.31. The molecule has 1 unspecified atom stereocenters. The lowest BCUT2D eigenvalue weighted by molar-refractivity contribution is -0.134. The van der Waals surface area contributed by atoms with Crippen molar-refractivity contribution in [2.45, 2.75) is 45.6 Å². The second-order valence-corrected chi connectivity index (χ2v) is 6.98. The summed E-state index contributed by atoms with van der Waals surface area (Å²) in [5, 5.41) is 3.32. The summed E-state index contributed by atoms with van der Waals surface area (Å²) in [6.07, 6.45) is 8.94. The molecule has 0 spiro atoms. The Morgan fingerprint density at radius 2 is 1.87 bits per heavy atom. The lowest BCUT2D eigenvalue weighted by atomic mass is 9.93. The Morgan fingerprint density at radius 1 is 1.17 bits per heavy atom. The van der Waals surface area contributed by atoms with Crippen molar-refractivity contribution in [3.05, 3.63) is 41.0 Å². The fourth-order valence-corrected chi connectivity index (χ4v) is 3.75. The molecule has 2 aliphatic heterocycles. The zero-order valence-corrected chi connectivity index (χ0v) is 14.3. The number of hydrogen-bond donors (Lipinski definition) is 1. The van der Waals surface area contributed by atoms with Gasteiger partial charge in [-0.05, 0) is 68.7 Å². The number of hydrogen-bond acceptors (Lipinski definition) is 2. The largest absolute Gasteiger partial charge is 0.341 e. The standard InChI is InChI=1S/C20H28N2O/c1-15-5-3-6-16(2)18(15)9-8-17-10-13-22(14-11-17)20(23)19-7-4-12-21-19/h3,5-6,8-9,17,19,21H,4,7,10-14H2,1-2H3. The molecule has 3 heteroatoms. The van der Waals surface area contributed by atoms with Crippen molar-refractivity contribution in [2.24, 2.45) is 5.92 Å². The zero-order chi connectivity index (χ0) is 16.2. The summed E-state index contributed by atoms with van der Waals surface area (Å²) in [6, 6.07) is 6.53. The van der Waals surface area contributed by atoms with Gasteiger partial charge in [0, 0.05) is 13.1 Å². The Kier molecular flexibility index (Phi) is 5.16. The molecule has 23 heavy (non-hydrogen) atoms. The van der Waals surface area contributed by atoms with Gasteiger partial charge in [-0.25, -0.2) is 0 Å². The molecule has 3 rings (SSSR count). The van der Waals surface area contributed by atoms with Gasteiger partial charge in [-0.15, -0.1) is 0 Å². The molecule has 0 radical (unpaired) electrons. The van der Waals surface area contributed by atoms with Crippen LogP contribution in [0.2, 0.25) is 0 Å². The van der Waals surface area contributed by atoms with Crippen molar-refractivity contribution in [1.82, 2.24) is 10.2 Å². The number of nitrogens with zero attached hydrogens (tertiary/aromatic N) is 1. The van der Waals surface area contributed by atoms with E-state index in [1.807, 2.05) is 0 Å². The second-order valence-electron chi connectivity index (χ2n) is 6.98. The molecule has 1 aromatic rings. The van der Waals surface area contributed by atoms with Crippen molar-refractivity contribution >= 4 is 12.0 Å². The van der Waals surface area contributed by atoms with Crippen molar-refractivity contribution in [2.75, 3.05) is 19.6 Å². The van der Waals surface area contributed by atoms with Crippen molar-refractivity contribution in [3.63, 3.8) is 0 Å². The average Bonchev–Trinajstić information content (AvgIpc) is 3.09. The van der Waals surface area contributed by atoms with Gasteiger partial charge in [-0.1, -0.05) is 30.4 Å². The molecule has 2 aliphatic rings. The minimum absolute atomic E-state index is 0.0803. The lowest BCUT2D eigenvalue weighted by Gasteiger charge is -2.32. The third-order valence-electron chi connectivity index (χ3n) is 5.29. The number of carbonyl (C=O) groups excluding carboxylic acids is 1. The van der Waals surface area contributed by atoms with E-state index in [1.54, 1.807) is 0 Å². The van der Waals surface area contributed by atoms with Gasteiger partial charge in [-0.2, -0.15) is 0 Å². The molecule has 124 valence electrons. The Balaban J connectivity index is 1.55. The Hall–Kier alpha value is -1.61. The highest BCUT2D eigenvalue weighted by molar-refractivity contribution is 5.82. The molecule has 1 aromatic carbocycles. The van der Waals surface area contributed by atoms with Crippen LogP contribution in [0.4, 0.5) is 0 Å². The minimum Gasteiger partial charge on any atom is -0.341 e. The number of allylic oxidation sites excluding steroid dienone is 1. The third-order valence-corrected chi connectivity index (χ3v) is 5.29. The number of aryl methyl sites for hydroxylation is 2. The van der Waals surface area contributed by atoms with E-state index in [1.165, 1.54) is 16.7 Å². The number of rotatable bonds is 3. The van der Waals surface area contributed by atoms with E-state index in [9.17, 15) is 4.79 Å². The topological polar surface area (TPSA) is 32.3 Å². The van der Waals surface area contributed by atoms with Crippen LogP contribution >= 0.6 is 0 Å². The molecule has 0 aromatic heterocycles. The van der Waals surface area contributed by atoms with Gasteiger partial charge in [0.15, 0.2) is 0 Å². The summed E-state index contributed by atoms with van der Waals surface area (Å²) in [6.45, 7) is 7.13. The first-order chi connectivity index (χ1) is 11.1. The summed E-state index contributed by atoms with van der Waals surface area (Å²) in [7, 11) is 0. The van der Waals surface area contributed by atoms with Gasteiger partial charge in [0.25, 0.3) is 0 Å². The molecule has 1 atom stereocenters. The van der Waals surface area contributed by atoms with Crippen LogP contribution in [0.15, 0.2) is 24.3 Å². The first-order valence-electron chi connectivity index (χ1n) is 8.92. The molecular formula is C20H28N2O. The van der Waals surface area contributed by atoms with Crippen LogP contribution in [0.1, 0.15) is 42.4 Å². The summed E-state index contributed by atoms with van der Waals surface area (Å²) < 4.78 is 0. The molecule has 0 aliphatic carbocycles. The molecule has 0 bridgehead atoms. The number of benzene rings is 1. The minimum atomic E-state index is 0.0803. The van der Waals surface area contributed by atoms with Crippen LogP contribution in [0.3, 0.4) is 0 Å². The number of carbonyl (C=O) groups is 1. The smallest absolute Gasteiger partial charge is 0.239 e. The SMILES string of the molecule is Cc1cccc(C)c1C=CC1CCN(C(=O)C2CCCN2)CC1. The maximum absolute atomic E-state index is 12.4. The van der Waals surface area contributed by atoms with E-state index in [0.717, 1.165) is 45.3 Å². The highest BCUT2D eigenvalue weighted by atomic mass is 16.2. The van der Waals surface area contributed by atoms with E-state index in [4.69, 9.17) is 0 Å². The maximum atomic E-state index is 12.4. The van der Waals surface area contributed by atoms with Crippen molar-refractivity contribution < 1.29 is 4.79 Å². The molecule has 3 nitrogen and oxygen atoms in total. The Bertz CT molecular complexity index is 559. The number of amides is 1. The summed E-state index contributed by atoms with van der Waals surface area (Å²) in [5.41, 5.74) is 4.02. The zero-order valence-electron chi connectivity index (χ0n) is 14.3. The molecule has 2 fully saturated rings. The lowest BCUT2D eigenvalue weighted by Crippen LogP contribution is -2.46. The van der Waals surface area contributed by atoms with Crippen LogP contribution in [0, 0.1) is 19.8 Å². The van der Waals surface area contributed by atoms with Crippen LogP contribution in [-0.4, -0.2) is 36.5 Å². The number of nitrogens with one attached hydrogen (secondary N) is 1. The number of piperidine rings is 1. The van der Waals surface area contributed by atoms with Gasteiger partial charge in [0.2, 0.25) is 5.91 Å². The van der Waals surface area contributed by atoms with E-state index >= 15 is 0 Å². The Morgan fingerprint density at radius 3 is 2.48 bits per heavy atom. The van der Waals surface area contributed by atoms with Gasteiger partial charge >= 0.3 is 0 Å². The average molecular weight is 312 g/mol. The van der Waals surface area contributed by atoms with Crippen LogP contribution in [0.25, 0.3) is 6.08 Å². The monoisotopic (exact) mass is 312 g/mol. The normalized spacial score (nSPS) is 22.9. The first kappa shape index (κ1) is 16.3. The first-order valence-corrected chi connectivity index (χ1v) is 8.92. The highest BCUT2D eigenvalue weighted by Crippen LogP contribution is 2.23. The molecule has 2 heterocycles. The van der Waals surface area contributed by atoms with E-state index in [-0.39, 0.29) is 6.04 Å². The van der Waals surface area contributed by atoms with Gasteiger partial charge in [-0.3, -0.25) is 4.79 Å². The quantitative estimate of drug-likeness (QED) is 0.929. The Labute approximate surface area is 139 Å². The van der Waals surface area contributed by atoms with Crippen molar-refractivity contribution in [3.8, 4) is 0 Å². The van der Waals surface area contributed by atoms with E-state index in [2.05, 4.69) is 54.4 Å². The molecule has 1 N–H and O–H groups in total. The van der Waals surface area contributed by atoms with Crippen LogP contribution in [-0.2, 0) is 4.79 Å². The number of likely N-dealkylation sites (tertiary alicyclic amines) is 1. The fourth-order valence-electron chi connectivity index (χ4n) is 3.75. The summed E-state index contributed by atoms with van der Waals surface area (Å²) in [5.74, 6) is 0.911. The van der Waals surface area contributed by atoms with Crippen LogP contribution in [0.5, 0.6) is 0 Å². The molecule has 0 saturated carbocycles. The van der Waals surface area contributed by atoms with Gasteiger partial charge < -0.3 is 10.2 Å². The molecular weight excluding hydrogens is 284 g/mol. The van der Waals surface area contributed by atoms with E-state index in [0.29, 0.717) is 11.8 Å². The highest BCUT2D eigenvalue weighted by Gasteiger charge is 2.29. The molecule has 2 saturated heterocycles. The summed E-state index contributed by atoms with van der Waals surface area (Å²) >= 11 is 0. The maximum Gasteiger partial charge on any atom is 0.239 e. The van der Waals surface area contributed by atoms with Crippen LogP contribution < -0.4 is 5.32 Å². The van der Waals surface area contributed by atoms with Gasteiger partial charge in [0.1, 0.15) is 0 Å². The third kappa shape index (κ3) is 3.84. The summed E-state index contributed by atoms with van der Waals surface area (Å²) in [4.78, 5) is 14.5. The predicted octanol–water partition coefficient (Wildman–Crippen LogP) is 3.31. The van der Waals surface area contributed by atoms with E-state index < -0.39 is 0 Å². The van der Waals surface area contributed by atoms with Crippen molar-refractivity contribution in [1.29, 1.82) is 0 Å².